The summed E-state index contributed by atoms with van der Waals surface area (Å²) in [6, 6.07) is 3.63. The maximum atomic E-state index is 13.8. The molecule has 242 valence electrons. The molecule has 3 aliphatic heterocycles. The van der Waals surface area contributed by atoms with Crippen LogP contribution in [-0.2, 0) is 35.0 Å². The van der Waals surface area contributed by atoms with Crippen LogP contribution in [0.5, 0.6) is 5.75 Å². The number of allylic oxidation sites excluding steroid dienone is 3. The van der Waals surface area contributed by atoms with E-state index in [0.717, 1.165) is 11.1 Å². The molecule has 2 N–H and O–H groups in total. The summed E-state index contributed by atoms with van der Waals surface area (Å²) in [5.41, 5.74) is -0.587. The van der Waals surface area contributed by atoms with Crippen molar-refractivity contribution in [1.29, 1.82) is 0 Å². The number of benzene rings is 1. The van der Waals surface area contributed by atoms with Gasteiger partial charge in [-0.1, -0.05) is 56.2 Å². The molecular formula is C32H43ClN2O9. The maximum Gasteiger partial charge on any atom is 0.409 e. The number of alkyl carbamates (subject to hydrolysis) is 1. The van der Waals surface area contributed by atoms with Gasteiger partial charge in [-0.15, -0.1) is 0 Å². The minimum absolute atomic E-state index is 0.00361. The third kappa shape index (κ3) is 6.91. The van der Waals surface area contributed by atoms with Gasteiger partial charge in [0.15, 0.2) is 5.72 Å². The molecule has 3 heterocycles. The van der Waals surface area contributed by atoms with Gasteiger partial charge in [0.25, 0.3) is 0 Å². The van der Waals surface area contributed by atoms with Crippen molar-refractivity contribution in [3.8, 4) is 5.75 Å². The number of nitrogens with one attached hydrogen (secondary N) is 1. The van der Waals surface area contributed by atoms with Crippen LogP contribution in [0, 0.1) is 11.8 Å². The lowest BCUT2D eigenvalue weighted by molar-refractivity contribution is -0.157. The number of esters is 1. The van der Waals surface area contributed by atoms with E-state index in [9.17, 15) is 19.5 Å². The Kier molecular flexibility index (Phi) is 10.0. The van der Waals surface area contributed by atoms with Crippen LogP contribution in [0.1, 0.15) is 53.0 Å². The van der Waals surface area contributed by atoms with Crippen LogP contribution in [0.4, 0.5) is 10.5 Å². The number of carbonyl (C=O) groups excluding carboxylic acids is 3. The molecular weight excluding hydrogens is 592 g/mol. The van der Waals surface area contributed by atoms with Gasteiger partial charge in [0.05, 0.1) is 31.2 Å². The fourth-order valence-electron chi connectivity index (χ4n) is 5.88. The molecule has 2 amide bonds. The van der Waals surface area contributed by atoms with Crippen molar-refractivity contribution in [2.45, 2.75) is 89.6 Å². The Hall–Kier alpha value is -3.12. The van der Waals surface area contributed by atoms with Crippen molar-refractivity contribution in [1.82, 2.24) is 5.32 Å². The molecule has 1 aromatic rings. The lowest BCUT2D eigenvalue weighted by Crippen LogP contribution is -2.63. The van der Waals surface area contributed by atoms with Gasteiger partial charge in [-0.3, -0.25) is 14.9 Å². The molecule has 0 spiro atoms. The van der Waals surface area contributed by atoms with Crippen LogP contribution in [0.3, 0.4) is 0 Å². The third-order valence-corrected chi connectivity index (χ3v) is 9.06. The summed E-state index contributed by atoms with van der Waals surface area (Å²) < 4.78 is 28.8. The number of carbonyl (C=O) groups is 3. The van der Waals surface area contributed by atoms with Crippen molar-refractivity contribution in [2.75, 3.05) is 26.2 Å². The van der Waals surface area contributed by atoms with Crippen LogP contribution in [0.25, 0.3) is 0 Å². The number of epoxide rings is 1. The molecule has 0 aliphatic carbocycles. The normalized spacial score (nSPS) is 34.7. The van der Waals surface area contributed by atoms with E-state index in [0.29, 0.717) is 17.9 Å². The van der Waals surface area contributed by atoms with Crippen molar-refractivity contribution < 1.29 is 43.2 Å². The van der Waals surface area contributed by atoms with Crippen molar-refractivity contribution in [3.63, 3.8) is 0 Å². The lowest BCUT2D eigenvalue weighted by Gasteiger charge is -2.42. The maximum absolute atomic E-state index is 13.8. The Labute approximate surface area is 263 Å². The average molecular weight is 635 g/mol. The Balaban J connectivity index is 1.80. The molecule has 11 nitrogen and oxygen atoms in total. The number of hydrogen-bond donors (Lipinski definition) is 2. The molecule has 0 aromatic heterocycles. The molecule has 4 rings (SSSR count). The van der Waals surface area contributed by atoms with E-state index in [2.05, 4.69) is 5.32 Å². The number of anilines is 1. The highest BCUT2D eigenvalue weighted by molar-refractivity contribution is 6.35. The predicted octanol–water partition coefficient (Wildman–Crippen LogP) is 4.32. The zero-order valence-corrected chi connectivity index (χ0v) is 27.3. The SMILES string of the molecule is COc1cc2cc(c1Cl)N(C)C(=O)CC(OC(=O)C(C)C)C1(C)OC1C(C)C1CC(O)(NC(=O)O1)C(OC)/C=C/C=C(/C)C2. The number of nitrogens with zero attached hydrogens (tertiary/aromatic N) is 1. The van der Waals surface area contributed by atoms with Crippen LogP contribution in [0.15, 0.2) is 35.9 Å². The molecule has 7 atom stereocenters. The van der Waals surface area contributed by atoms with Crippen LogP contribution >= 0.6 is 11.6 Å². The van der Waals surface area contributed by atoms with Gasteiger partial charge < -0.3 is 33.7 Å². The van der Waals surface area contributed by atoms with E-state index in [1.54, 1.807) is 40.0 Å². The summed E-state index contributed by atoms with van der Waals surface area (Å²) in [5.74, 6) is -1.30. The fourth-order valence-corrected chi connectivity index (χ4v) is 6.19. The zero-order valence-electron chi connectivity index (χ0n) is 26.5. The van der Waals surface area contributed by atoms with Crippen molar-refractivity contribution >= 4 is 35.3 Å². The molecule has 7 unspecified atom stereocenters. The summed E-state index contributed by atoms with van der Waals surface area (Å²) in [7, 11) is 4.56. The highest BCUT2D eigenvalue weighted by Gasteiger charge is 2.64. The van der Waals surface area contributed by atoms with Gasteiger partial charge in [-0.25, -0.2) is 4.79 Å². The minimum Gasteiger partial charge on any atom is -0.495 e. The van der Waals surface area contributed by atoms with E-state index in [4.69, 9.17) is 35.3 Å². The molecule has 0 saturated carbocycles. The van der Waals surface area contributed by atoms with Gasteiger partial charge in [0.2, 0.25) is 5.91 Å². The minimum atomic E-state index is -1.77. The largest absolute Gasteiger partial charge is 0.495 e. The second-order valence-electron chi connectivity index (χ2n) is 12.4. The zero-order chi connectivity index (χ0) is 32.6. The lowest BCUT2D eigenvalue weighted by atomic mass is 9.83. The van der Waals surface area contributed by atoms with E-state index in [-0.39, 0.29) is 23.8 Å². The van der Waals surface area contributed by atoms with Crippen molar-refractivity contribution in [2.24, 2.45) is 11.8 Å². The molecule has 0 radical (unpaired) electrons. The number of amides is 2. The highest BCUT2D eigenvalue weighted by Crippen LogP contribution is 2.49. The molecule has 3 aliphatic rings. The summed E-state index contributed by atoms with van der Waals surface area (Å²) in [5, 5.41) is 14.4. The quantitative estimate of drug-likeness (QED) is 0.366. The number of hydrogen-bond acceptors (Lipinski definition) is 9. The summed E-state index contributed by atoms with van der Waals surface area (Å²) in [6.07, 6.45) is 1.65. The number of halogens is 1. The Morgan fingerprint density at radius 2 is 1.95 bits per heavy atom. The first kappa shape index (κ1) is 33.8. The van der Waals surface area contributed by atoms with Crippen LogP contribution in [-0.4, -0.2) is 80.1 Å². The number of aliphatic hydroxyl groups is 1. The smallest absolute Gasteiger partial charge is 0.409 e. The van der Waals surface area contributed by atoms with Gasteiger partial charge in [0.1, 0.15) is 34.7 Å². The third-order valence-electron chi connectivity index (χ3n) is 8.68. The Morgan fingerprint density at radius 1 is 1.25 bits per heavy atom. The number of fused-ring (bicyclic) bond motifs is 5. The van der Waals surface area contributed by atoms with E-state index in [1.807, 2.05) is 32.1 Å². The number of ether oxygens (including phenoxy) is 5. The molecule has 4 bridgehead atoms. The predicted molar refractivity (Wildman–Crippen MR) is 164 cm³/mol. The first-order valence-electron chi connectivity index (χ1n) is 14.7. The first-order valence-corrected chi connectivity index (χ1v) is 15.1. The summed E-state index contributed by atoms with van der Waals surface area (Å²) in [4.78, 5) is 40.7. The van der Waals surface area contributed by atoms with Gasteiger partial charge in [-0.05, 0) is 38.0 Å². The van der Waals surface area contributed by atoms with E-state index < -0.39 is 59.6 Å². The van der Waals surface area contributed by atoms with E-state index >= 15 is 0 Å². The fraction of sp³-hybridized carbons (Fsp3) is 0.594. The Morgan fingerprint density at radius 3 is 2.59 bits per heavy atom. The summed E-state index contributed by atoms with van der Waals surface area (Å²) >= 11 is 6.68. The van der Waals surface area contributed by atoms with Crippen LogP contribution < -0.4 is 15.0 Å². The van der Waals surface area contributed by atoms with Crippen LogP contribution in [0.2, 0.25) is 5.02 Å². The standard InChI is InChI=1S/C32H43ClN2O9/c1-17(2)29(37)43-25-15-26(36)35(6)21-13-20(14-22(40-7)27(21)33)12-18(3)10-9-11-24(41-8)32(39)16-23(42-30(38)34-32)19(4)28-31(25,5)44-28/h9-11,13-14,17,19,23-25,28,39H,12,15-16H2,1-8H3,(H,34,38)/b11-9+,18-10-. The van der Waals surface area contributed by atoms with Gasteiger partial charge in [-0.2, -0.15) is 0 Å². The monoisotopic (exact) mass is 634 g/mol. The second-order valence-corrected chi connectivity index (χ2v) is 12.8. The van der Waals surface area contributed by atoms with E-state index in [1.165, 1.54) is 19.1 Å². The van der Waals surface area contributed by atoms with Gasteiger partial charge >= 0.3 is 12.1 Å². The number of methoxy groups -OCH3 is 2. The number of rotatable bonds is 4. The molecule has 12 heteroatoms. The molecule has 44 heavy (non-hydrogen) atoms. The van der Waals surface area contributed by atoms with Gasteiger partial charge in [0, 0.05) is 26.5 Å². The summed E-state index contributed by atoms with van der Waals surface area (Å²) in [6.45, 7) is 8.95. The van der Waals surface area contributed by atoms with Crippen molar-refractivity contribution in [3.05, 3.63) is 46.5 Å². The molecule has 2 saturated heterocycles. The molecule has 2 fully saturated rings. The highest BCUT2D eigenvalue weighted by atomic mass is 35.5. The topological polar surface area (TPSA) is 136 Å². The molecule has 1 aromatic carbocycles. The Bertz CT molecular complexity index is 1350. The second kappa shape index (κ2) is 13.1. The average Bonchev–Trinajstić information content (AvgIpc) is 3.66. The first-order chi connectivity index (χ1) is 20.6.